The van der Waals surface area contributed by atoms with E-state index in [-0.39, 0.29) is 23.5 Å². The highest BCUT2D eigenvalue weighted by Gasteiger charge is 2.34. The molecule has 27 heavy (non-hydrogen) atoms. The molecule has 1 aromatic carbocycles. The van der Waals surface area contributed by atoms with Crippen molar-refractivity contribution in [1.82, 2.24) is 4.90 Å². The highest BCUT2D eigenvalue weighted by Crippen LogP contribution is 2.18. The Morgan fingerprint density at radius 3 is 2.48 bits per heavy atom. The van der Waals surface area contributed by atoms with E-state index in [0.29, 0.717) is 19.6 Å². The highest BCUT2D eigenvalue weighted by molar-refractivity contribution is 7.91. The number of benzene rings is 1. The summed E-state index contributed by atoms with van der Waals surface area (Å²) >= 11 is 0. The maximum atomic E-state index is 12.3. The molecule has 0 saturated carbocycles. The van der Waals surface area contributed by atoms with Gasteiger partial charge in [0.15, 0.2) is 16.4 Å². The molecule has 0 N–H and O–H groups in total. The molecule has 0 unspecified atom stereocenters. The minimum atomic E-state index is -3.08. The quantitative estimate of drug-likeness (QED) is 0.491. The van der Waals surface area contributed by atoms with Gasteiger partial charge < -0.3 is 14.4 Å². The van der Waals surface area contributed by atoms with Crippen molar-refractivity contribution in [2.75, 3.05) is 31.3 Å². The van der Waals surface area contributed by atoms with Gasteiger partial charge in [0.2, 0.25) is 0 Å². The van der Waals surface area contributed by atoms with Crippen molar-refractivity contribution >= 4 is 27.8 Å². The van der Waals surface area contributed by atoms with E-state index in [2.05, 4.69) is 0 Å². The van der Waals surface area contributed by atoms with Crippen LogP contribution in [-0.4, -0.2) is 62.5 Å². The first-order chi connectivity index (χ1) is 12.8. The second-order valence-corrected chi connectivity index (χ2v) is 8.41. The Morgan fingerprint density at radius 2 is 1.93 bits per heavy atom. The van der Waals surface area contributed by atoms with Crippen LogP contribution < -0.4 is 4.74 Å². The number of carbonyl (C=O) groups is 2. The maximum Gasteiger partial charge on any atom is 0.331 e. The molecule has 7 nitrogen and oxygen atoms in total. The van der Waals surface area contributed by atoms with E-state index in [9.17, 15) is 18.0 Å². The zero-order chi connectivity index (χ0) is 19.9. The molecule has 1 fully saturated rings. The predicted molar refractivity (Wildman–Crippen MR) is 102 cm³/mol. The van der Waals surface area contributed by atoms with Gasteiger partial charge in [0.1, 0.15) is 5.75 Å². The summed E-state index contributed by atoms with van der Waals surface area (Å²) in [5, 5.41) is 0. The van der Waals surface area contributed by atoms with Crippen LogP contribution in [0.1, 0.15) is 25.8 Å². The largest absolute Gasteiger partial charge is 0.494 e. The minimum Gasteiger partial charge on any atom is -0.494 e. The third-order valence-corrected chi connectivity index (χ3v) is 6.00. The minimum absolute atomic E-state index is 0.0296. The fraction of sp³-hybridized carbons (Fsp3) is 0.474. The summed E-state index contributed by atoms with van der Waals surface area (Å²) in [6, 6.07) is 6.86. The van der Waals surface area contributed by atoms with Gasteiger partial charge in [-0.2, -0.15) is 0 Å². The van der Waals surface area contributed by atoms with Crippen LogP contribution in [0.3, 0.4) is 0 Å². The van der Waals surface area contributed by atoms with Crippen LogP contribution in [0.4, 0.5) is 0 Å². The second kappa shape index (κ2) is 9.55. The number of hydrogen-bond donors (Lipinski definition) is 0. The van der Waals surface area contributed by atoms with Gasteiger partial charge in [0.05, 0.1) is 18.1 Å². The zero-order valence-corrected chi connectivity index (χ0v) is 16.4. The summed E-state index contributed by atoms with van der Waals surface area (Å²) in [5.41, 5.74) is 0.799. The Balaban J connectivity index is 1.83. The molecule has 0 spiro atoms. The van der Waals surface area contributed by atoms with Crippen molar-refractivity contribution < 1.29 is 27.5 Å². The third kappa shape index (κ3) is 6.39. The normalized spacial score (nSPS) is 18.4. The summed E-state index contributed by atoms with van der Waals surface area (Å²) in [7, 11) is -3.08. The summed E-state index contributed by atoms with van der Waals surface area (Å²) in [6.07, 6.45) is 3.26. The van der Waals surface area contributed by atoms with Gasteiger partial charge in [-0.1, -0.05) is 12.1 Å². The lowest BCUT2D eigenvalue weighted by Gasteiger charge is -2.26. The second-order valence-electron chi connectivity index (χ2n) is 6.18. The SMILES string of the molecule is CCOc1ccc(/C=C/C(=O)OCC(=O)N(CC)[C@@H]2CCS(=O)(=O)C2)cc1. The molecule has 0 aromatic heterocycles. The summed E-state index contributed by atoms with van der Waals surface area (Å²) in [6.45, 7) is 4.22. The van der Waals surface area contributed by atoms with Gasteiger partial charge >= 0.3 is 5.97 Å². The highest BCUT2D eigenvalue weighted by atomic mass is 32.2. The zero-order valence-electron chi connectivity index (χ0n) is 15.6. The van der Waals surface area contributed by atoms with Gasteiger partial charge in [-0.05, 0) is 44.0 Å². The predicted octanol–water partition coefficient (Wildman–Crippen LogP) is 1.68. The van der Waals surface area contributed by atoms with E-state index in [4.69, 9.17) is 9.47 Å². The van der Waals surface area contributed by atoms with Crippen molar-refractivity contribution in [1.29, 1.82) is 0 Å². The number of nitrogens with zero attached hydrogens (tertiary/aromatic N) is 1. The molecule has 1 heterocycles. The maximum absolute atomic E-state index is 12.3. The molecular weight excluding hydrogens is 370 g/mol. The first-order valence-electron chi connectivity index (χ1n) is 8.92. The van der Waals surface area contributed by atoms with Gasteiger partial charge in [0, 0.05) is 18.7 Å². The lowest BCUT2D eigenvalue weighted by Crippen LogP contribution is -2.43. The first kappa shape index (κ1) is 21.0. The Labute approximate surface area is 159 Å². The number of hydrogen-bond acceptors (Lipinski definition) is 6. The summed E-state index contributed by atoms with van der Waals surface area (Å²) < 4.78 is 33.5. The first-order valence-corrected chi connectivity index (χ1v) is 10.7. The molecule has 0 aliphatic carbocycles. The average molecular weight is 395 g/mol. The Morgan fingerprint density at radius 1 is 1.22 bits per heavy atom. The van der Waals surface area contributed by atoms with Crippen molar-refractivity contribution in [2.45, 2.75) is 26.3 Å². The monoisotopic (exact) mass is 395 g/mol. The Bertz CT molecular complexity index is 785. The molecule has 8 heteroatoms. The molecule has 1 aliphatic rings. The van der Waals surface area contributed by atoms with E-state index >= 15 is 0 Å². The van der Waals surface area contributed by atoms with Crippen LogP contribution in [0, 0.1) is 0 Å². The third-order valence-electron chi connectivity index (χ3n) is 4.25. The van der Waals surface area contributed by atoms with Crippen LogP contribution in [-0.2, 0) is 24.2 Å². The van der Waals surface area contributed by atoms with Gasteiger partial charge in [0.25, 0.3) is 5.91 Å². The van der Waals surface area contributed by atoms with E-state index in [0.717, 1.165) is 11.3 Å². The van der Waals surface area contributed by atoms with E-state index in [1.165, 1.54) is 11.0 Å². The van der Waals surface area contributed by atoms with Crippen LogP contribution in [0.25, 0.3) is 6.08 Å². The molecule has 2 rings (SSSR count). The van der Waals surface area contributed by atoms with Gasteiger partial charge in [-0.3, -0.25) is 4.79 Å². The number of rotatable bonds is 8. The smallest absolute Gasteiger partial charge is 0.331 e. The van der Waals surface area contributed by atoms with Crippen LogP contribution in [0.15, 0.2) is 30.3 Å². The topological polar surface area (TPSA) is 90.0 Å². The molecule has 1 aliphatic heterocycles. The molecule has 1 amide bonds. The van der Waals surface area contributed by atoms with E-state index in [1.54, 1.807) is 37.3 Å². The fourth-order valence-electron chi connectivity index (χ4n) is 2.93. The number of carbonyl (C=O) groups excluding carboxylic acids is 2. The number of ether oxygens (including phenoxy) is 2. The number of likely N-dealkylation sites (N-methyl/N-ethyl adjacent to an activating group) is 1. The van der Waals surface area contributed by atoms with Crippen LogP contribution in [0.2, 0.25) is 0 Å². The summed E-state index contributed by atoms with van der Waals surface area (Å²) in [5.74, 6) is -0.212. The lowest BCUT2D eigenvalue weighted by atomic mass is 10.2. The molecule has 1 saturated heterocycles. The van der Waals surface area contributed by atoms with Crippen LogP contribution in [0.5, 0.6) is 5.75 Å². The van der Waals surface area contributed by atoms with Crippen LogP contribution >= 0.6 is 0 Å². The van der Waals surface area contributed by atoms with E-state index in [1.807, 2.05) is 6.92 Å². The molecule has 1 aromatic rings. The van der Waals surface area contributed by atoms with Crippen molar-refractivity contribution in [2.24, 2.45) is 0 Å². The average Bonchev–Trinajstić information content (AvgIpc) is 2.99. The van der Waals surface area contributed by atoms with Crippen molar-refractivity contribution in [3.8, 4) is 5.75 Å². The molecule has 0 radical (unpaired) electrons. The van der Waals surface area contributed by atoms with Gasteiger partial charge in [-0.25, -0.2) is 13.2 Å². The standard InChI is InChI=1S/C19H25NO6S/c1-3-20(16-11-12-27(23,24)14-16)18(21)13-26-19(22)10-7-15-5-8-17(9-6-15)25-4-2/h5-10,16H,3-4,11-14H2,1-2H3/b10-7+/t16-/m1/s1. The Kier molecular flexibility index (Phi) is 7.41. The Hall–Kier alpha value is -2.35. The number of sulfone groups is 1. The fourth-order valence-corrected chi connectivity index (χ4v) is 4.66. The number of esters is 1. The van der Waals surface area contributed by atoms with Crippen molar-refractivity contribution in [3.63, 3.8) is 0 Å². The molecule has 0 bridgehead atoms. The van der Waals surface area contributed by atoms with Gasteiger partial charge in [-0.15, -0.1) is 0 Å². The number of amides is 1. The summed E-state index contributed by atoms with van der Waals surface area (Å²) in [4.78, 5) is 25.6. The molecule has 148 valence electrons. The molecular formula is C19H25NO6S. The molecule has 1 atom stereocenters. The van der Waals surface area contributed by atoms with Crippen molar-refractivity contribution in [3.05, 3.63) is 35.9 Å². The lowest BCUT2D eigenvalue weighted by molar-refractivity contribution is -0.149. The van der Waals surface area contributed by atoms with E-state index < -0.39 is 22.4 Å².